The number of aliphatic carboxylic acids is 2. The summed E-state index contributed by atoms with van der Waals surface area (Å²) < 4.78 is 0. The summed E-state index contributed by atoms with van der Waals surface area (Å²) in [5.74, 6) is -4.11. The molecule has 3 atom stereocenters. The van der Waals surface area contributed by atoms with E-state index < -0.39 is 48.3 Å². The van der Waals surface area contributed by atoms with Crippen LogP contribution < -0.4 is 16.4 Å². The van der Waals surface area contributed by atoms with Gasteiger partial charge in [-0.15, -0.1) is 0 Å². The zero-order valence-corrected chi connectivity index (χ0v) is 15.1. The fourth-order valence-corrected chi connectivity index (χ4v) is 2.36. The third kappa shape index (κ3) is 7.86. The molecular formula is C16H25N5O6. The predicted octanol–water partition coefficient (Wildman–Crippen LogP) is -1.15. The van der Waals surface area contributed by atoms with E-state index in [0.717, 1.165) is 0 Å². The number of amides is 2. The molecular weight excluding hydrogens is 358 g/mol. The van der Waals surface area contributed by atoms with Crippen molar-refractivity contribution in [3.63, 3.8) is 0 Å². The molecule has 27 heavy (non-hydrogen) atoms. The molecule has 11 heteroatoms. The number of carbonyl (C=O) groups is 4. The SMILES string of the molecule is CC(C)C[C@H](N)C(=O)N[C@@H](Cc1c[nH]cn1)C(=O)N[C@@H](CC(=O)O)C(=O)O. The number of hydrogen-bond acceptors (Lipinski definition) is 6. The highest BCUT2D eigenvalue weighted by atomic mass is 16.4. The summed E-state index contributed by atoms with van der Waals surface area (Å²) in [5, 5.41) is 22.5. The van der Waals surface area contributed by atoms with Crippen molar-refractivity contribution in [1.29, 1.82) is 0 Å². The number of nitrogens with two attached hydrogens (primary N) is 1. The fraction of sp³-hybridized carbons (Fsp3) is 0.562. The number of rotatable bonds is 11. The lowest BCUT2D eigenvalue weighted by Crippen LogP contribution is -2.55. The van der Waals surface area contributed by atoms with Crippen molar-refractivity contribution < 1.29 is 29.4 Å². The average Bonchev–Trinajstić information content (AvgIpc) is 3.05. The number of carbonyl (C=O) groups excluding carboxylic acids is 2. The van der Waals surface area contributed by atoms with Crippen LogP contribution in [-0.2, 0) is 25.6 Å². The molecule has 0 aliphatic carbocycles. The van der Waals surface area contributed by atoms with E-state index in [0.29, 0.717) is 12.1 Å². The van der Waals surface area contributed by atoms with Crippen LogP contribution in [0.5, 0.6) is 0 Å². The van der Waals surface area contributed by atoms with Gasteiger partial charge in [-0.25, -0.2) is 9.78 Å². The molecule has 0 aliphatic rings. The maximum atomic E-state index is 12.5. The van der Waals surface area contributed by atoms with Crippen molar-refractivity contribution in [2.24, 2.45) is 11.7 Å². The van der Waals surface area contributed by atoms with Crippen LogP contribution in [0.3, 0.4) is 0 Å². The molecule has 0 unspecified atom stereocenters. The van der Waals surface area contributed by atoms with Gasteiger partial charge in [0.05, 0.1) is 24.5 Å². The van der Waals surface area contributed by atoms with Crippen LogP contribution in [0.2, 0.25) is 0 Å². The van der Waals surface area contributed by atoms with Gasteiger partial charge in [-0.3, -0.25) is 14.4 Å². The minimum absolute atomic E-state index is 0.0190. The molecule has 11 nitrogen and oxygen atoms in total. The highest BCUT2D eigenvalue weighted by molar-refractivity contribution is 5.92. The number of carboxylic acid groups (broad SMARTS) is 2. The van der Waals surface area contributed by atoms with Crippen molar-refractivity contribution in [2.75, 3.05) is 0 Å². The number of aromatic amines is 1. The third-order valence-corrected chi connectivity index (χ3v) is 3.66. The molecule has 7 N–H and O–H groups in total. The molecule has 0 aliphatic heterocycles. The smallest absolute Gasteiger partial charge is 0.326 e. The van der Waals surface area contributed by atoms with Gasteiger partial charge in [0.25, 0.3) is 0 Å². The van der Waals surface area contributed by atoms with Gasteiger partial charge in [0.1, 0.15) is 12.1 Å². The molecule has 150 valence electrons. The van der Waals surface area contributed by atoms with E-state index in [9.17, 15) is 19.2 Å². The van der Waals surface area contributed by atoms with Gasteiger partial charge < -0.3 is 31.6 Å². The Kier molecular flexibility index (Phi) is 8.39. The van der Waals surface area contributed by atoms with E-state index in [4.69, 9.17) is 15.9 Å². The zero-order chi connectivity index (χ0) is 20.6. The van der Waals surface area contributed by atoms with E-state index in [-0.39, 0.29) is 12.3 Å². The first-order chi connectivity index (χ1) is 12.6. The number of aromatic nitrogens is 2. The first kappa shape index (κ1) is 22.1. The molecule has 1 heterocycles. The predicted molar refractivity (Wildman–Crippen MR) is 93.5 cm³/mol. The summed E-state index contributed by atoms with van der Waals surface area (Å²) in [7, 11) is 0. The van der Waals surface area contributed by atoms with Crippen LogP contribution in [-0.4, -0.2) is 62.1 Å². The summed E-state index contributed by atoms with van der Waals surface area (Å²) in [6, 6.07) is -3.62. The largest absolute Gasteiger partial charge is 0.481 e. The summed E-state index contributed by atoms with van der Waals surface area (Å²) >= 11 is 0. The van der Waals surface area contributed by atoms with Crippen LogP contribution in [0.25, 0.3) is 0 Å². The van der Waals surface area contributed by atoms with E-state index in [1.165, 1.54) is 12.5 Å². The molecule has 0 saturated heterocycles. The van der Waals surface area contributed by atoms with Crippen LogP contribution in [0.15, 0.2) is 12.5 Å². The average molecular weight is 383 g/mol. The maximum Gasteiger partial charge on any atom is 0.326 e. The van der Waals surface area contributed by atoms with Gasteiger partial charge in [0.2, 0.25) is 11.8 Å². The lowest BCUT2D eigenvalue weighted by Gasteiger charge is -2.22. The Balaban J connectivity index is 2.89. The summed E-state index contributed by atoms with van der Waals surface area (Å²) in [6.07, 6.45) is 2.50. The topological polar surface area (TPSA) is 187 Å². The lowest BCUT2D eigenvalue weighted by molar-refractivity contribution is -0.147. The first-order valence-corrected chi connectivity index (χ1v) is 8.38. The quantitative estimate of drug-likeness (QED) is 0.276. The minimum Gasteiger partial charge on any atom is -0.481 e. The third-order valence-electron chi connectivity index (χ3n) is 3.66. The molecule has 1 rings (SSSR count). The van der Waals surface area contributed by atoms with Gasteiger partial charge in [-0.2, -0.15) is 0 Å². The number of nitrogens with zero attached hydrogens (tertiary/aromatic N) is 1. The van der Waals surface area contributed by atoms with Gasteiger partial charge in [-0.1, -0.05) is 13.8 Å². The Labute approximate surface area is 155 Å². The molecule has 0 fully saturated rings. The van der Waals surface area contributed by atoms with Crippen LogP contribution in [0.1, 0.15) is 32.4 Å². The number of H-pyrrole nitrogens is 1. The first-order valence-electron chi connectivity index (χ1n) is 8.38. The molecule has 0 aromatic carbocycles. The van der Waals surface area contributed by atoms with Crippen molar-refractivity contribution >= 4 is 23.8 Å². The van der Waals surface area contributed by atoms with Crippen molar-refractivity contribution in [2.45, 2.75) is 51.2 Å². The van der Waals surface area contributed by atoms with E-state index in [1.807, 2.05) is 13.8 Å². The van der Waals surface area contributed by atoms with Crippen molar-refractivity contribution in [3.8, 4) is 0 Å². The summed E-state index contributed by atoms with van der Waals surface area (Å²) in [4.78, 5) is 53.4. The highest BCUT2D eigenvalue weighted by Crippen LogP contribution is 2.05. The summed E-state index contributed by atoms with van der Waals surface area (Å²) in [6.45, 7) is 3.79. The molecule has 2 amide bonds. The monoisotopic (exact) mass is 383 g/mol. The van der Waals surface area contributed by atoms with Crippen LogP contribution in [0, 0.1) is 5.92 Å². The maximum absolute atomic E-state index is 12.5. The number of imidazole rings is 1. The number of nitrogens with one attached hydrogen (secondary N) is 3. The van der Waals surface area contributed by atoms with Crippen molar-refractivity contribution in [3.05, 3.63) is 18.2 Å². The van der Waals surface area contributed by atoms with Crippen LogP contribution in [0.4, 0.5) is 0 Å². The fourth-order valence-electron chi connectivity index (χ4n) is 2.36. The standard InChI is InChI=1S/C16H25N5O6/c1-8(2)3-10(17)14(24)20-11(4-9-6-18-7-19-9)15(25)21-12(16(26)27)5-13(22)23/h6-8,10-12H,3-5,17H2,1-2H3,(H,18,19)(H,20,24)(H,21,25)(H,22,23)(H,26,27)/t10-,11-,12-/m0/s1. The van der Waals surface area contributed by atoms with Gasteiger partial charge in [0, 0.05) is 12.6 Å². The molecule has 0 saturated carbocycles. The van der Waals surface area contributed by atoms with E-state index >= 15 is 0 Å². The van der Waals surface area contributed by atoms with E-state index in [2.05, 4.69) is 20.6 Å². The lowest BCUT2D eigenvalue weighted by atomic mass is 10.0. The number of carboxylic acids is 2. The molecule has 1 aromatic heterocycles. The van der Waals surface area contributed by atoms with E-state index in [1.54, 1.807) is 0 Å². The Morgan fingerprint density at radius 2 is 1.78 bits per heavy atom. The second-order valence-corrected chi connectivity index (χ2v) is 6.56. The molecule has 0 spiro atoms. The van der Waals surface area contributed by atoms with Gasteiger partial charge in [0.15, 0.2) is 0 Å². The Bertz CT molecular complexity index is 660. The van der Waals surface area contributed by atoms with Gasteiger partial charge in [-0.05, 0) is 12.3 Å². The Hall–Kier alpha value is -2.95. The second kappa shape index (κ2) is 10.3. The zero-order valence-electron chi connectivity index (χ0n) is 15.1. The normalized spacial score (nSPS) is 14.2. The minimum atomic E-state index is -1.63. The Morgan fingerprint density at radius 3 is 2.26 bits per heavy atom. The van der Waals surface area contributed by atoms with Gasteiger partial charge >= 0.3 is 11.9 Å². The van der Waals surface area contributed by atoms with Crippen LogP contribution >= 0.6 is 0 Å². The second-order valence-electron chi connectivity index (χ2n) is 6.56. The molecule has 1 aromatic rings. The Morgan fingerprint density at radius 1 is 1.15 bits per heavy atom. The van der Waals surface area contributed by atoms with Crippen molar-refractivity contribution in [1.82, 2.24) is 20.6 Å². The molecule has 0 bridgehead atoms. The highest BCUT2D eigenvalue weighted by Gasteiger charge is 2.29. The molecule has 0 radical (unpaired) electrons. The summed E-state index contributed by atoms with van der Waals surface area (Å²) in [5.41, 5.74) is 6.27. The number of hydrogen-bond donors (Lipinski definition) is 6.